The van der Waals surface area contributed by atoms with Gasteiger partial charge in [-0.2, -0.15) is 0 Å². The van der Waals surface area contributed by atoms with Crippen LogP contribution in [0.2, 0.25) is 0 Å². The molecule has 120 valence electrons. The molecule has 3 nitrogen and oxygen atoms in total. The van der Waals surface area contributed by atoms with Gasteiger partial charge in [0.2, 0.25) is 0 Å². The summed E-state index contributed by atoms with van der Waals surface area (Å²) in [6, 6.07) is 9.53. The predicted octanol–water partition coefficient (Wildman–Crippen LogP) is 1.43. The third-order valence-corrected chi connectivity index (χ3v) is 4.89. The van der Waals surface area contributed by atoms with Crippen molar-refractivity contribution in [3.05, 3.63) is 41.5 Å². The number of hydrogen-bond acceptors (Lipinski definition) is 3. The average Bonchev–Trinajstić information content (AvgIpc) is 2.48. The van der Waals surface area contributed by atoms with Gasteiger partial charge in [0.15, 0.2) is 0 Å². The van der Waals surface area contributed by atoms with Gasteiger partial charge in [-0.15, -0.1) is 0 Å². The van der Waals surface area contributed by atoms with E-state index < -0.39 is 10.1 Å². The zero-order chi connectivity index (χ0) is 16.2. The van der Waals surface area contributed by atoms with Crippen LogP contribution in [0.15, 0.2) is 35.2 Å². The molecule has 0 aliphatic heterocycles. The largest absolute Gasteiger partial charge is 1.00 e. The Labute approximate surface area is 182 Å². The first-order chi connectivity index (χ1) is 10.5. The van der Waals surface area contributed by atoms with Crippen LogP contribution in [0.5, 0.6) is 0 Å². The van der Waals surface area contributed by atoms with Gasteiger partial charge in [0.05, 0.1) is 4.90 Å². The van der Waals surface area contributed by atoms with Gasteiger partial charge in [-0.05, 0) is 59.7 Å². The Morgan fingerprint density at radius 3 is 2.17 bits per heavy atom. The first-order valence-electron chi connectivity index (χ1n) is 7.97. The minimum absolute atomic E-state index is 0. The summed E-state index contributed by atoms with van der Waals surface area (Å²) in [4.78, 5) is -0.0545. The minimum Gasteiger partial charge on any atom is -0.744 e. The van der Waals surface area contributed by atoms with Crippen molar-refractivity contribution in [2.45, 2.75) is 57.3 Å². The summed E-state index contributed by atoms with van der Waals surface area (Å²) in [6.07, 6.45) is 5.67. The second-order valence-corrected chi connectivity index (χ2v) is 7.15. The Morgan fingerprint density at radius 1 is 0.913 bits per heavy atom. The second kappa shape index (κ2) is 9.66. The third-order valence-electron chi connectivity index (χ3n) is 3.97. The van der Waals surface area contributed by atoms with E-state index in [1.807, 2.05) is 25.1 Å². The number of unbranched alkanes of at least 4 members (excludes halogenated alkanes) is 2. The molecule has 0 radical (unpaired) electrons. The summed E-state index contributed by atoms with van der Waals surface area (Å²) < 4.78 is 34.7. The Balaban J connectivity index is 0.00000264. The van der Waals surface area contributed by atoms with E-state index in [4.69, 9.17) is 0 Å². The number of aryl methyl sites for hydroxylation is 2. The Hall–Kier alpha value is 0.246. The molecular weight excluding hydrogens is 335 g/mol. The zero-order valence-electron chi connectivity index (χ0n) is 14.3. The standard InChI is InChI=1S/C18H24O3S.K/c1-3-5-7-14-9-10-15-12-16(8-6-4-2)18(22(19,20)21)13-17(15)11-14;/h9-13H,3-8H2,1-2H3,(H,19,20,21);/q;+1/p-1. The van der Waals surface area contributed by atoms with Crippen LogP contribution in [0.25, 0.3) is 10.8 Å². The van der Waals surface area contributed by atoms with Gasteiger partial charge in [-0.1, -0.05) is 44.9 Å². The van der Waals surface area contributed by atoms with Crippen molar-refractivity contribution in [3.63, 3.8) is 0 Å². The van der Waals surface area contributed by atoms with E-state index in [9.17, 15) is 13.0 Å². The summed E-state index contributed by atoms with van der Waals surface area (Å²) in [6.45, 7) is 4.19. The van der Waals surface area contributed by atoms with Crippen LogP contribution in [0.4, 0.5) is 0 Å². The van der Waals surface area contributed by atoms with Gasteiger partial charge < -0.3 is 4.55 Å². The van der Waals surface area contributed by atoms with Crippen LogP contribution in [-0.4, -0.2) is 13.0 Å². The van der Waals surface area contributed by atoms with E-state index in [1.54, 1.807) is 6.07 Å². The normalized spacial score (nSPS) is 11.4. The predicted molar refractivity (Wildman–Crippen MR) is 89.1 cm³/mol. The Kier molecular flexibility index (Phi) is 8.94. The quantitative estimate of drug-likeness (QED) is 0.556. The SMILES string of the molecule is CCCCc1ccc2cc(CCCC)c(S(=O)(=O)[O-])cc2c1.[K+]. The molecule has 2 aromatic rings. The van der Waals surface area contributed by atoms with Crippen LogP contribution in [0, 0.1) is 0 Å². The molecule has 5 heteroatoms. The van der Waals surface area contributed by atoms with E-state index in [-0.39, 0.29) is 56.3 Å². The average molecular weight is 359 g/mol. The number of benzene rings is 2. The first kappa shape index (κ1) is 21.3. The van der Waals surface area contributed by atoms with Crippen LogP contribution >= 0.6 is 0 Å². The van der Waals surface area contributed by atoms with E-state index in [0.29, 0.717) is 12.0 Å². The van der Waals surface area contributed by atoms with Crippen LogP contribution < -0.4 is 51.4 Å². The maximum Gasteiger partial charge on any atom is 1.00 e. The number of rotatable bonds is 7. The molecule has 0 aliphatic carbocycles. The summed E-state index contributed by atoms with van der Waals surface area (Å²) in [5.74, 6) is 0. The number of hydrogen-bond donors (Lipinski definition) is 0. The minimum atomic E-state index is -4.44. The molecule has 0 amide bonds. The molecule has 0 fully saturated rings. The van der Waals surface area contributed by atoms with E-state index >= 15 is 0 Å². The fourth-order valence-corrected chi connectivity index (χ4v) is 3.46. The Morgan fingerprint density at radius 2 is 1.57 bits per heavy atom. The molecule has 0 aliphatic rings. The van der Waals surface area contributed by atoms with Crippen LogP contribution in [0.3, 0.4) is 0 Å². The molecule has 0 atom stereocenters. The third kappa shape index (κ3) is 5.92. The van der Waals surface area contributed by atoms with Crippen molar-refractivity contribution in [1.29, 1.82) is 0 Å². The van der Waals surface area contributed by atoms with Gasteiger partial charge in [0.1, 0.15) is 10.1 Å². The molecule has 23 heavy (non-hydrogen) atoms. The molecule has 2 rings (SSSR count). The number of fused-ring (bicyclic) bond motifs is 1. The molecule has 0 saturated heterocycles. The second-order valence-electron chi connectivity index (χ2n) is 5.80. The van der Waals surface area contributed by atoms with E-state index in [0.717, 1.165) is 42.9 Å². The fraction of sp³-hybridized carbons (Fsp3) is 0.444. The molecular formula is C18H23KO3S. The molecule has 0 bridgehead atoms. The van der Waals surface area contributed by atoms with E-state index in [1.165, 1.54) is 5.56 Å². The van der Waals surface area contributed by atoms with Crippen molar-refractivity contribution in [2.24, 2.45) is 0 Å². The maximum absolute atomic E-state index is 11.6. The van der Waals surface area contributed by atoms with Crippen molar-refractivity contribution < 1.29 is 64.4 Å². The molecule has 0 heterocycles. The van der Waals surface area contributed by atoms with Crippen molar-refractivity contribution >= 4 is 20.9 Å². The van der Waals surface area contributed by atoms with Crippen molar-refractivity contribution in [3.8, 4) is 0 Å². The maximum atomic E-state index is 11.6. The fourth-order valence-electron chi connectivity index (χ4n) is 2.71. The topological polar surface area (TPSA) is 57.2 Å². The van der Waals surface area contributed by atoms with Gasteiger partial charge in [-0.3, -0.25) is 0 Å². The van der Waals surface area contributed by atoms with Gasteiger partial charge in [-0.25, -0.2) is 8.42 Å². The van der Waals surface area contributed by atoms with Crippen molar-refractivity contribution in [2.75, 3.05) is 0 Å². The van der Waals surface area contributed by atoms with E-state index in [2.05, 4.69) is 13.0 Å². The molecule has 0 N–H and O–H groups in total. The van der Waals surface area contributed by atoms with Crippen LogP contribution in [-0.2, 0) is 23.0 Å². The smallest absolute Gasteiger partial charge is 0.744 e. The molecule has 2 aromatic carbocycles. The summed E-state index contributed by atoms with van der Waals surface area (Å²) in [5.41, 5.74) is 1.83. The monoisotopic (exact) mass is 358 g/mol. The first-order valence-corrected chi connectivity index (χ1v) is 9.38. The van der Waals surface area contributed by atoms with Gasteiger partial charge in [0.25, 0.3) is 0 Å². The van der Waals surface area contributed by atoms with Gasteiger partial charge >= 0.3 is 51.4 Å². The summed E-state index contributed by atoms with van der Waals surface area (Å²) >= 11 is 0. The molecule has 0 saturated carbocycles. The molecule has 0 spiro atoms. The molecule has 0 aromatic heterocycles. The summed E-state index contributed by atoms with van der Waals surface area (Å²) in [7, 11) is -4.44. The van der Waals surface area contributed by atoms with Gasteiger partial charge in [0, 0.05) is 0 Å². The molecule has 0 unspecified atom stereocenters. The zero-order valence-corrected chi connectivity index (χ0v) is 18.2. The summed E-state index contributed by atoms with van der Waals surface area (Å²) in [5, 5.41) is 1.84. The van der Waals surface area contributed by atoms with Crippen molar-refractivity contribution in [1.82, 2.24) is 0 Å². The van der Waals surface area contributed by atoms with Crippen LogP contribution in [0.1, 0.15) is 50.7 Å². The Bertz CT molecular complexity index is 754.